The van der Waals surface area contributed by atoms with Gasteiger partial charge in [-0.15, -0.1) is 0 Å². The van der Waals surface area contributed by atoms with Gasteiger partial charge in [0.2, 0.25) is 5.91 Å². The van der Waals surface area contributed by atoms with Crippen LogP contribution in [0.15, 0.2) is 30.5 Å². The molecule has 3 N–H and O–H groups in total. The lowest BCUT2D eigenvalue weighted by Gasteiger charge is -2.11. The van der Waals surface area contributed by atoms with Gasteiger partial charge in [-0.2, -0.15) is 13.2 Å². The summed E-state index contributed by atoms with van der Waals surface area (Å²) in [4.78, 5) is 13.1. The summed E-state index contributed by atoms with van der Waals surface area (Å²) < 4.78 is 37.7. The highest BCUT2D eigenvalue weighted by molar-refractivity contribution is 5.99. The summed E-state index contributed by atoms with van der Waals surface area (Å²) in [6.45, 7) is 0. The van der Waals surface area contributed by atoms with Gasteiger partial charge < -0.3 is 16.0 Å². The van der Waals surface area contributed by atoms with Gasteiger partial charge in [-0.1, -0.05) is 0 Å². The molecule has 19 heavy (non-hydrogen) atoms. The molecule has 0 radical (unpaired) electrons. The molecule has 0 aliphatic carbocycles. The second-order valence-electron chi connectivity index (χ2n) is 4.11. The highest BCUT2D eigenvalue weighted by Gasteiger charge is 2.31. The second kappa shape index (κ2) is 5.64. The zero-order chi connectivity index (χ0) is 14.6. The molecular formula is C12H14F3N3O. The van der Waals surface area contributed by atoms with Gasteiger partial charge in [0.25, 0.3) is 0 Å². The van der Waals surface area contributed by atoms with Crippen LogP contribution in [0.3, 0.4) is 0 Å². The number of nitrogens with two attached hydrogens (primary N) is 1. The summed E-state index contributed by atoms with van der Waals surface area (Å²) in [6, 6.07) is 2.90. The SMILES string of the molecule is CN(C)C=CC(=O)Nc1cc(N)cc(C(F)(F)F)c1. The van der Waals surface area contributed by atoms with Crippen molar-refractivity contribution in [1.82, 2.24) is 4.90 Å². The summed E-state index contributed by atoms with van der Waals surface area (Å²) in [5.74, 6) is -0.535. The van der Waals surface area contributed by atoms with E-state index in [4.69, 9.17) is 5.73 Å². The predicted octanol–water partition coefficient (Wildman–Crippen LogP) is 2.30. The molecule has 0 fully saturated rings. The Morgan fingerprint density at radius 2 is 1.95 bits per heavy atom. The Balaban J connectivity index is 2.90. The van der Waals surface area contributed by atoms with Crippen molar-refractivity contribution in [3.05, 3.63) is 36.0 Å². The van der Waals surface area contributed by atoms with Crippen LogP contribution >= 0.6 is 0 Å². The Morgan fingerprint density at radius 1 is 1.32 bits per heavy atom. The van der Waals surface area contributed by atoms with Crippen molar-refractivity contribution in [3.63, 3.8) is 0 Å². The molecule has 0 unspecified atom stereocenters. The predicted molar refractivity (Wildman–Crippen MR) is 67.3 cm³/mol. The maximum atomic E-state index is 12.6. The monoisotopic (exact) mass is 273 g/mol. The number of carbonyl (C=O) groups is 1. The van der Waals surface area contributed by atoms with E-state index in [1.165, 1.54) is 18.3 Å². The van der Waals surface area contributed by atoms with Crippen molar-refractivity contribution in [3.8, 4) is 0 Å². The van der Waals surface area contributed by atoms with Gasteiger partial charge >= 0.3 is 6.18 Å². The van der Waals surface area contributed by atoms with Crippen LogP contribution in [-0.2, 0) is 11.0 Å². The Kier molecular flexibility index (Phi) is 4.42. The minimum atomic E-state index is -4.51. The lowest BCUT2D eigenvalue weighted by molar-refractivity contribution is -0.137. The Morgan fingerprint density at radius 3 is 2.47 bits per heavy atom. The molecule has 0 heterocycles. The summed E-state index contributed by atoms with van der Waals surface area (Å²) in [7, 11) is 3.43. The highest BCUT2D eigenvalue weighted by Crippen LogP contribution is 2.32. The fraction of sp³-hybridized carbons (Fsp3) is 0.250. The molecule has 0 saturated heterocycles. The molecule has 0 aromatic heterocycles. The summed E-state index contributed by atoms with van der Waals surface area (Å²) in [5.41, 5.74) is 4.41. The lowest BCUT2D eigenvalue weighted by atomic mass is 10.1. The van der Waals surface area contributed by atoms with E-state index in [1.54, 1.807) is 19.0 Å². The first-order valence-electron chi connectivity index (χ1n) is 5.32. The van der Waals surface area contributed by atoms with Gasteiger partial charge in [0.15, 0.2) is 0 Å². The van der Waals surface area contributed by atoms with E-state index in [0.717, 1.165) is 12.1 Å². The Labute approximate surface area is 108 Å². The first-order valence-corrected chi connectivity index (χ1v) is 5.32. The maximum Gasteiger partial charge on any atom is 0.416 e. The van der Waals surface area contributed by atoms with Gasteiger partial charge in [-0.25, -0.2) is 0 Å². The molecule has 0 atom stereocenters. The third-order valence-corrected chi connectivity index (χ3v) is 2.07. The van der Waals surface area contributed by atoms with Crippen molar-refractivity contribution < 1.29 is 18.0 Å². The first kappa shape index (κ1) is 14.9. The molecule has 1 amide bonds. The third kappa shape index (κ3) is 4.90. The largest absolute Gasteiger partial charge is 0.416 e. The molecule has 0 aliphatic rings. The number of alkyl halides is 3. The zero-order valence-corrected chi connectivity index (χ0v) is 10.5. The molecule has 1 rings (SSSR count). The van der Waals surface area contributed by atoms with Crippen LogP contribution in [0.25, 0.3) is 0 Å². The maximum absolute atomic E-state index is 12.6. The van der Waals surface area contributed by atoms with Gasteiger partial charge in [-0.3, -0.25) is 4.79 Å². The number of nitrogens with one attached hydrogen (secondary N) is 1. The number of carbonyl (C=O) groups excluding carboxylic acids is 1. The number of rotatable bonds is 3. The van der Waals surface area contributed by atoms with Crippen molar-refractivity contribution in [1.29, 1.82) is 0 Å². The number of anilines is 2. The van der Waals surface area contributed by atoms with Crippen LogP contribution in [0.1, 0.15) is 5.56 Å². The smallest absolute Gasteiger partial charge is 0.399 e. The topological polar surface area (TPSA) is 58.4 Å². The number of hydrogen-bond acceptors (Lipinski definition) is 3. The number of nitrogens with zero attached hydrogens (tertiary/aromatic N) is 1. The van der Waals surface area contributed by atoms with E-state index < -0.39 is 17.6 Å². The van der Waals surface area contributed by atoms with E-state index in [2.05, 4.69) is 5.32 Å². The van der Waals surface area contributed by atoms with Crippen LogP contribution in [0.5, 0.6) is 0 Å². The number of halogens is 3. The Hall–Kier alpha value is -2.18. The second-order valence-corrected chi connectivity index (χ2v) is 4.11. The lowest BCUT2D eigenvalue weighted by Crippen LogP contribution is -2.12. The van der Waals surface area contributed by atoms with Gasteiger partial charge in [-0.05, 0) is 18.2 Å². The molecule has 7 heteroatoms. The van der Waals surface area contributed by atoms with Crippen LogP contribution in [0.4, 0.5) is 24.5 Å². The molecule has 104 valence electrons. The summed E-state index contributed by atoms with van der Waals surface area (Å²) in [5, 5.41) is 2.32. The van der Waals surface area contributed by atoms with Crippen molar-refractivity contribution >= 4 is 17.3 Å². The van der Waals surface area contributed by atoms with Crippen molar-refractivity contribution in [2.24, 2.45) is 0 Å². The molecular weight excluding hydrogens is 259 g/mol. The number of benzene rings is 1. The average molecular weight is 273 g/mol. The zero-order valence-electron chi connectivity index (χ0n) is 10.5. The molecule has 0 bridgehead atoms. The van der Waals surface area contributed by atoms with Gasteiger partial charge in [0.1, 0.15) is 0 Å². The molecule has 0 spiro atoms. The normalized spacial score (nSPS) is 11.6. The minimum absolute atomic E-state index is 0.000677. The minimum Gasteiger partial charge on any atom is -0.399 e. The van der Waals surface area contributed by atoms with E-state index in [1.807, 2.05) is 0 Å². The van der Waals surface area contributed by atoms with E-state index in [9.17, 15) is 18.0 Å². The fourth-order valence-electron chi connectivity index (χ4n) is 1.29. The quantitative estimate of drug-likeness (QED) is 0.656. The van der Waals surface area contributed by atoms with Crippen molar-refractivity contribution in [2.75, 3.05) is 25.1 Å². The van der Waals surface area contributed by atoms with E-state index in [-0.39, 0.29) is 11.4 Å². The van der Waals surface area contributed by atoms with Gasteiger partial charge in [0.05, 0.1) is 5.56 Å². The highest BCUT2D eigenvalue weighted by atomic mass is 19.4. The first-order chi connectivity index (χ1) is 8.68. The third-order valence-electron chi connectivity index (χ3n) is 2.07. The standard InChI is InChI=1S/C12H14F3N3O/c1-18(2)4-3-11(19)17-10-6-8(12(13,14)15)5-9(16)7-10/h3-7H,16H2,1-2H3,(H,17,19). The Bertz CT molecular complexity index is 495. The number of amides is 1. The molecule has 4 nitrogen and oxygen atoms in total. The molecule has 1 aromatic rings. The number of hydrogen-bond donors (Lipinski definition) is 2. The van der Waals surface area contributed by atoms with Crippen LogP contribution < -0.4 is 11.1 Å². The van der Waals surface area contributed by atoms with Crippen LogP contribution in [-0.4, -0.2) is 24.9 Å². The molecule has 1 aromatic carbocycles. The van der Waals surface area contributed by atoms with Crippen molar-refractivity contribution in [2.45, 2.75) is 6.18 Å². The van der Waals surface area contributed by atoms with Crippen LogP contribution in [0.2, 0.25) is 0 Å². The average Bonchev–Trinajstić information content (AvgIpc) is 2.24. The van der Waals surface area contributed by atoms with Gasteiger partial charge in [0, 0.05) is 37.7 Å². The van der Waals surface area contributed by atoms with E-state index in [0.29, 0.717) is 0 Å². The fourth-order valence-corrected chi connectivity index (χ4v) is 1.29. The number of nitrogen functional groups attached to an aromatic ring is 1. The summed E-state index contributed by atoms with van der Waals surface area (Å²) >= 11 is 0. The molecule has 0 saturated carbocycles. The van der Waals surface area contributed by atoms with E-state index >= 15 is 0 Å². The molecule has 0 aliphatic heterocycles. The van der Waals surface area contributed by atoms with Crippen LogP contribution in [0, 0.1) is 0 Å². The summed E-state index contributed by atoms with van der Waals surface area (Å²) in [6.07, 6.45) is -1.82.